The number of nitrogens with zero attached hydrogens (tertiary/aromatic N) is 1. The fraction of sp³-hybridized carbons (Fsp3) is 0.455. The second-order valence-corrected chi connectivity index (χ2v) is 5.56. The lowest BCUT2D eigenvalue weighted by atomic mass is 10.1. The Kier molecular flexibility index (Phi) is 3.74. The molecular weight excluding hydrogens is 246 g/mol. The molecule has 0 aliphatic carbocycles. The minimum atomic E-state index is 0.0891. The third-order valence-corrected chi connectivity index (χ3v) is 3.90. The summed E-state index contributed by atoms with van der Waals surface area (Å²) >= 11 is 7.08. The molecule has 1 aromatic rings. The van der Waals surface area contributed by atoms with Crippen molar-refractivity contribution in [2.45, 2.75) is 12.8 Å². The number of hydrogen-bond acceptors (Lipinski definition) is 4. The van der Waals surface area contributed by atoms with E-state index in [0.29, 0.717) is 47.5 Å². The van der Waals surface area contributed by atoms with E-state index in [1.807, 2.05) is 4.90 Å². The Morgan fingerprint density at radius 1 is 1.38 bits per heavy atom. The summed E-state index contributed by atoms with van der Waals surface area (Å²) in [5.74, 6) is 0.383. The molecule has 86 valence electrons. The van der Waals surface area contributed by atoms with Crippen LogP contribution in [0.1, 0.15) is 22.5 Å². The molecule has 0 bridgehead atoms. The Morgan fingerprint density at radius 3 is 2.62 bits per heavy atom. The van der Waals surface area contributed by atoms with Gasteiger partial charge in [-0.25, -0.2) is 0 Å². The zero-order chi connectivity index (χ0) is 11.5. The molecule has 1 aliphatic heterocycles. The summed E-state index contributed by atoms with van der Waals surface area (Å²) in [7, 11) is 0. The average Bonchev–Trinajstić information content (AvgIpc) is 2.68. The molecule has 2 heterocycles. The van der Waals surface area contributed by atoms with E-state index in [9.17, 15) is 9.59 Å². The first-order valence-corrected chi connectivity index (χ1v) is 6.37. The van der Waals surface area contributed by atoms with Crippen LogP contribution in [0.15, 0.2) is 12.1 Å². The van der Waals surface area contributed by atoms with Crippen molar-refractivity contribution in [3.8, 4) is 0 Å². The molecule has 0 spiro atoms. The summed E-state index contributed by atoms with van der Waals surface area (Å²) in [6, 6.07) is 3.49. The topological polar surface area (TPSA) is 37.4 Å². The molecule has 0 amide bonds. The van der Waals surface area contributed by atoms with E-state index in [0.717, 1.165) is 0 Å². The number of rotatable bonds is 3. The third kappa shape index (κ3) is 2.90. The molecular formula is C11H12ClNO2S. The van der Waals surface area contributed by atoms with Crippen LogP contribution in [-0.4, -0.2) is 36.1 Å². The zero-order valence-corrected chi connectivity index (χ0v) is 10.3. The van der Waals surface area contributed by atoms with E-state index in [-0.39, 0.29) is 5.78 Å². The van der Waals surface area contributed by atoms with Gasteiger partial charge in [-0.1, -0.05) is 11.6 Å². The fourth-order valence-electron chi connectivity index (χ4n) is 1.71. The highest BCUT2D eigenvalue weighted by Crippen LogP contribution is 2.22. The fourth-order valence-corrected chi connectivity index (χ4v) is 2.68. The van der Waals surface area contributed by atoms with Crippen molar-refractivity contribution >= 4 is 34.5 Å². The normalized spacial score (nSPS) is 17.7. The van der Waals surface area contributed by atoms with Crippen molar-refractivity contribution in [2.24, 2.45) is 0 Å². The summed E-state index contributed by atoms with van der Waals surface area (Å²) in [6.07, 6.45) is 1.14. The van der Waals surface area contributed by atoms with Gasteiger partial charge in [0.2, 0.25) is 0 Å². The van der Waals surface area contributed by atoms with Gasteiger partial charge in [0.15, 0.2) is 5.78 Å². The van der Waals surface area contributed by atoms with Crippen LogP contribution >= 0.6 is 22.9 Å². The van der Waals surface area contributed by atoms with Gasteiger partial charge in [0.25, 0.3) is 0 Å². The van der Waals surface area contributed by atoms with E-state index >= 15 is 0 Å². The lowest BCUT2D eigenvalue weighted by Gasteiger charge is -2.24. The molecule has 1 fully saturated rings. The SMILES string of the molecule is O=C1CCN(CC(=O)c2ccc(Cl)s2)CC1. The van der Waals surface area contributed by atoms with Crippen molar-refractivity contribution < 1.29 is 9.59 Å². The van der Waals surface area contributed by atoms with Gasteiger partial charge in [-0.2, -0.15) is 0 Å². The second kappa shape index (κ2) is 5.08. The molecule has 0 aromatic carbocycles. The van der Waals surface area contributed by atoms with Crippen LogP contribution in [0.3, 0.4) is 0 Å². The molecule has 1 aromatic heterocycles. The first-order chi connectivity index (χ1) is 7.65. The molecule has 2 rings (SSSR count). The summed E-state index contributed by atoms with van der Waals surface area (Å²) < 4.78 is 0.636. The van der Waals surface area contributed by atoms with Crippen molar-refractivity contribution in [1.82, 2.24) is 4.90 Å². The van der Waals surface area contributed by atoms with E-state index in [1.54, 1.807) is 12.1 Å². The molecule has 0 saturated carbocycles. The van der Waals surface area contributed by atoms with Gasteiger partial charge in [-0.3, -0.25) is 14.5 Å². The summed E-state index contributed by atoms with van der Waals surface area (Å²) in [5.41, 5.74) is 0. The maximum atomic E-state index is 11.8. The summed E-state index contributed by atoms with van der Waals surface area (Å²) in [4.78, 5) is 25.6. The van der Waals surface area contributed by atoms with Crippen LogP contribution in [0.25, 0.3) is 0 Å². The lowest BCUT2D eigenvalue weighted by Crippen LogP contribution is -2.37. The van der Waals surface area contributed by atoms with Crippen LogP contribution in [0.4, 0.5) is 0 Å². The summed E-state index contributed by atoms with van der Waals surface area (Å²) in [5, 5.41) is 0. The number of hydrogen-bond donors (Lipinski definition) is 0. The van der Waals surface area contributed by atoms with Gasteiger partial charge >= 0.3 is 0 Å². The number of Topliss-reactive ketones (excluding diaryl/α,β-unsaturated/α-hetero) is 2. The zero-order valence-electron chi connectivity index (χ0n) is 8.74. The molecule has 0 atom stereocenters. The Labute approximate surface area is 103 Å². The quantitative estimate of drug-likeness (QED) is 0.780. The molecule has 1 aliphatic rings. The van der Waals surface area contributed by atoms with Crippen molar-refractivity contribution in [2.75, 3.05) is 19.6 Å². The predicted octanol–water partition coefficient (Wildman–Crippen LogP) is 2.25. The predicted molar refractivity (Wildman–Crippen MR) is 64.3 cm³/mol. The smallest absolute Gasteiger partial charge is 0.186 e. The third-order valence-electron chi connectivity index (χ3n) is 2.63. The highest BCUT2D eigenvalue weighted by molar-refractivity contribution is 7.18. The maximum absolute atomic E-state index is 11.8. The highest BCUT2D eigenvalue weighted by atomic mass is 35.5. The Morgan fingerprint density at radius 2 is 2.06 bits per heavy atom. The van der Waals surface area contributed by atoms with Gasteiger partial charge in [-0.05, 0) is 12.1 Å². The number of carbonyl (C=O) groups excluding carboxylic acids is 2. The van der Waals surface area contributed by atoms with Crippen LogP contribution in [0.5, 0.6) is 0 Å². The number of carbonyl (C=O) groups is 2. The number of thiophene rings is 1. The number of piperidine rings is 1. The first-order valence-electron chi connectivity index (χ1n) is 5.18. The molecule has 0 radical (unpaired) electrons. The minimum Gasteiger partial charge on any atom is -0.300 e. The van der Waals surface area contributed by atoms with Crippen LogP contribution < -0.4 is 0 Å². The molecule has 0 N–H and O–H groups in total. The summed E-state index contributed by atoms with van der Waals surface area (Å²) in [6.45, 7) is 1.79. The van der Waals surface area contributed by atoms with E-state index < -0.39 is 0 Å². The van der Waals surface area contributed by atoms with Gasteiger partial charge in [0.05, 0.1) is 15.8 Å². The minimum absolute atomic E-state index is 0.0891. The van der Waals surface area contributed by atoms with E-state index in [4.69, 9.17) is 11.6 Å². The van der Waals surface area contributed by atoms with E-state index in [2.05, 4.69) is 0 Å². The molecule has 5 heteroatoms. The average molecular weight is 258 g/mol. The highest BCUT2D eigenvalue weighted by Gasteiger charge is 2.19. The van der Waals surface area contributed by atoms with Crippen LogP contribution in [0.2, 0.25) is 4.34 Å². The Bertz CT molecular complexity index is 406. The second-order valence-electron chi connectivity index (χ2n) is 3.84. The van der Waals surface area contributed by atoms with Crippen LogP contribution in [-0.2, 0) is 4.79 Å². The van der Waals surface area contributed by atoms with Crippen molar-refractivity contribution in [3.05, 3.63) is 21.3 Å². The number of halogens is 1. The monoisotopic (exact) mass is 257 g/mol. The van der Waals surface area contributed by atoms with Crippen molar-refractivity contribution in [3.63, 3.8) is 0 Å². The van der Waals surface area contributed by atoms with Gasteiger partial charge in [-0.15, -0.1) is 11.3 Å². The lowest BCUT2D eigenvalue weighted by molar-refractivity contribution is -0.121. The number of ketones is 2. The molecule has 1 saturated heterocycles. The van der Waals surface area contributed by atoms with Gasteiger partial charge < -0.3 is 0 Å². The molecule has 0 unspecified atom stereocenters. The number of likely N-dealkylation sites (tertiary alicyclic amines) is 1. The van der Waals surface area contributed by atoms with Crippen LogP contribution in [0, 0.1) is 0 Å². The maximum Gasteiger partial charge on any atom is 0.186 e. The van der Waals surface area contributed by atoms with Gasteiger partial charge in [0.1, 0.15) is 5.78 Å². The molecule has 16 heavy (non-hydrogen) atoms. The van der Waals surface area contributed by atoms with Crippen molar-refractivity contribution in [1.29, 1.82) is 0 Å². The Balaban J connectivity index is 1.90. The first kappa shape index (κ1) is 11.8. The standard InChI is InChI=1S/C11H12ClNO2S/c12-11-2-1-10(16-11)9(15)7-13-5-3-8(14)4-6-13/h1-2H,3-7H2. The largest absolute Gasteiger partial charge is 0.300 e. The molecule has 3 nitrogen and oxygen atoms in total. The Hall–Kier alpha value is -0.710. The van der Waals surface area contributed by atoms with E-state index in [1.165, 1.54) is 11.3 Å². The van der Waals surface area contributed by atoms with Gasteiger partial charge in [0, 0.05) is 25.9 Å².